The van der Waals surface area contributed by atoms with Crippen molar-refractivity contribution in [3.63, 3.8) is 0 Å². The van der Waals surface area contributed by atoms with E-state index < -0.39 is 11.7 Å². The van der Waals surface area contributed by atoms with Gasteiger partial charge < -0.3 is 9.88 Å². The van der Waals surface area contributed by atoms with E-state index in [1.165, 1.54) is 30.1 Å². The molecule has 28 heavy (non-hydrogen) atoms. The Morgan fingerprint density at radius 2 is 1.93 bits per heavy atom. The van der Waals surface area contributed by atoms with Gasteiger partial charge in [-0.15, -0.1) is 0 Å². The molecule has 0 saturated carbocycles. The minimum atomic E-state index is -4.35. The third kappa shape index (κ3) is 5.99. The van der Waals surface area contributed by atoms with Crippen LogP contribution in [0.2, 0.25) is 0 Å². The zero-order chi connectivity index (χ0) is 20.1. The summed E-state index contributed by atoms with van der Waals surface area (Å²) in [6, 6.07) is 5.43. The maximum Gasteiger partial charge on any atom is 0.416 e. The summed E-state index contributed by atoms with van der Waals surface area (Å²) in [7, 11) is 0. The maximum absolute atomic E-state index is 13.0. The van der Waals surface area contributed by atoms with Crippen LogP contribution in [0.15, 0.2) is 44.9 Å². The predicted molar refractivity (Wildman–Crippen MR) is 108 cm³/mol. The fraction of sp³-hybridized carbons (Fsp3) is 0.444. The Morgan fingerprint density at radius 3 is 2.61 bits per heavy atom. The molecule has 0 aliphatic carbocycles. The smallest absolute Gasteiger partial charge is 0.369 e. The minimum absolute atomic E-state index is 0.158. The fourth-order valence-corrected chi connectivity index (χ4v) is 4.29. The Morgan fingerprint density at radius 1 is 1.18 bits per heavy atom. The summed E-state index contributed by atoms with van der Waals surface area (Å²) >= 11 is 4.69. The first-order valence-electron chi connectivity index (χ1n) is 8.84. The van der Waals surface area contributed by atoms with Crippen molar-refractivity contribution in [1.29, 1.82) is 0 Å². The van der Waals surface area contributed by atoms with E-state index >= 15 is 0 Å². The zero-order valence-electron chi connectivity index (χ0n) is 15.0. The van der Waals surface area contributed by atoms with Gasteiger partial charge in [0, 0.05) is 54.4 Å². The molecule has 0 radical (unpaired) electrons. The number of thioether (sulfide) groups is 1. The second-order valence-electron chi connectivity index (χ2n) is 6.47. The van der Waals surface area contributed by atoms with Gasteiger partial charge >= 0.3 is 6.18 Å². The average Bonchev–Trinajstić information content (AvgIpc) is 2.65. The minimum Gasteiger partial charge on any atom is -0.369 e. The van der Waals surface area contributed by atoms with E-state index in [9.17, 15) is 18.0 Å². The van der Waals surface area contributed by atoms with Gasteiger partial charge in [0.1, 0.15) is 0 Å². The molecular weight excluding hydrogens is 457 g/mol. The molecule has 2 heterocycles. The van der Waals surface area contributed by atoms with Crippen LogP contribution in [0.1, 0.15) is 12.0 Å². The molecule has 0 unspecified atom stereocenters. The van der Waals surface area contributed by atoms with Crippen molar-refractivity contribution >= 4 is 33.4 Å². The van der Waals surface area contributed by atoms with Gasteiger partial charge in [0.05, 0.1) is 5.56 Å². The van der Waals surface area contributed by atoms with Gasteiger partial charge in [0.15, 0.2) is 5.16 Å². The van der Waals surface area contributed by atoms with Crippen LogP contribution in [0, 0.1) is 0 Å². The van der Waals surface area contributed by atoms with Gasteiger partial charge in [-0.3, -0.25) is 9.69 Å². The molecule has 1 saturated heterocycles. The first-order valence-corrected chi connectivity index (χ1v) is 10.6. The van der Waals surface area contributed by atoms with Crippen LogP contribution in [0.25, 0.3) is 0 Å². The number of anilines is 1. The van der Waals surface area contributed by atoms with Crippen LogP contribution in [-0.2, 0) is 6.18 Å². The summed E-state index contributed by atoms with van der Waals surface area (Å²) in [5, 5.41) is 0.618. The number of hydrogen-bond acceptors (Lipinski definition) is 5. The molecule has 0 bridgehead atoms. The second-order valence-corrected chi connectivity index (χ2v) is 8.47. The topological polar surface area (TPSA) is 52.2 Å². The number of aromatic nitrogens is 2. The SMILES string of the molecule is O=c1ccnc(SCCCN2CCN(c3cc(Br)cc(C(F)(F)F)c3)CC2)[nH]1. The van der Waals surface area contributed by atoms with E-state index in [1.54, 1.807) is 6.07 Å². The molecule has 0 atom stereocenters. The number of H-pyrrole nitrogens is 1. The van der Waals surface area contributed by atoms with Crippen LogP contribution in [0.5, 0.6) is 0 Å². The molecule has 1 aliphatic heterocycles. The molecular formula is C18H20BrF3N4OS. The number of rotatable bonds is 6. The van der Waals surface area contributed by atoms with Crippen molar-refractivity contribution in [2.45, 2.75) is 17.8 Å². The monoisotopic (exact) mass is 476 g/mol. The number of nitrogens with zero attached hydrogens (tertiary/aromatic N) is 3. The Hall–Kier alpha value is -1.52. The van der Waals surface area contributed by atoms with Crippen molar-refractivity contribution < 1.29 is 13.2 Å². The highest BCUT2D eigenvalue weighted by Crippen LogP contribution is 2.34. The van der Waals surface area contributed by atoms with Gasteiger partial charge in [-0.1, -0.05) is 27.7 Å². The lowest BCUT2D eigenvalue weighted by Gasteiger charge is -2.36. The van der Waals surface area contributed by atoms with E-state index in [2.05, 4.69) is 30.8 Å². The number of benzene rings is 1. The second kappa shape index (κ2) is 9.32. The quantitative estimate of drug-likeness (QED) is 0.389. The Bertz CT molecular complexity index is 853. The van der Waals surface area contributed by atoms with E-state index in [4.69, 9.17) is 0 Å². The largest absolute Gasteiger partial charge is 0.416 e. The third-order valence-corrected chi connectivity index (χ3v) is 5.88. The van der Waals surface area contributed by atoms with Gasteiger partial charge in [-0.25, -0.2) is 4.98 Å². The molecule has 10 heteroatoms. The van der Waals surface area contributed by atoms with E-state index in [0.717, 1.165) is 37.9 Å². The molecule has 3 rings (SSSR count). The molecule has 1 aromatic heterocycles. The van der Waals surface area contributed by atoms with Crippen LogP contribution < -0.4 is 10.5 Å². The van der Waals surface area contributed by atoms with Crippen LogP contribution in [-0.4, -0.2) is 53.3 Å². The Balaban J connectivity index is 1.46. The highest BCUT2D eigenvalue weighted by molar-refractivity contribution is 9.10. The van der Waals surface area contributed by atoms with Crippen molar-refractivity contribution in [3.05, 3.63) is 50.9 Å². The zero-order valence-corrected chi connectivity index (χ0v) is 17.4. The number of alkyl halides is 3. The summed E-state index contributed by atoms with van der Waals surface area (Å²) in [5.41, 5.74) is -0.199. The van der Waals surface area contributed by atoms with Crippen LogP contribution in [0.4, 0.5) is 18.9 Å². The standard InChI is InChI=1S/C18H20BrF3N4OS/c19-14-10-13(18(20,21)22)11-15(12-14)26-7-5-25(6-8-26)4-1-9-28-17-23-3-2-16(27)24-17/h2-3,10-12H,1,4-9H2,(H,23,24,27). The summed E-state index contributed by atoms with van der Waals surface area (Å²) in [5.74, 6) is 0.841. The fourth-order valence-electron chi connectivity index (χ4n) is 3.03. The average molecular weight is 477 g/mol. The van der Waals surface area contributed by atoms with Crippen LogP contribution in [0.3, 0.4) is 0 Å². The normalized spacial score (nSPS) is 15.8. The molecule has 1 fully saturated rings. The lowest BCUT2D eigenvalue weighted by atomic mass is 10.1. The first kappa shape index (κ1) is 21.2. The van der Waals surface area contributed by atoms with E-state index in [-0.39, 0.29) is 5.56 Å². The molecule has 2 aromatic rings. The molecule has 152 valence electrons. The Kier molecular flexibility index (Phi) is 7.05. The van der Waals surface area contributed by atoms with Crippen molar-refractivity contribution in [2.24, 2.45) is 0 Å². The lowest BCUT2D eigenvalue weighted by Crippen LogP contribution is -2.46. The molecule has 1 aliphatic rings. The summed E-state index contributed by atoms with van der Waals surface area (Å²) < 4.78 is 39.5. The summed E-state index contributed by atoms with van der Waals surface area (Å²) in [4.78, 5) is 22.3. The van der Waals surface area contributed by atoms with Crippen LogP contribution >= 0.6 is 27.7 Å². The highest BCUT2D eigenvalue weighted by Gasteiger charge is 2.31. The molecule has 0 spiro atoms. The van der Waals surface area contributed by atoms with Gasteiger partial charge in [0.2, 0.25) is 0 Å². The summed E-state index contributed by atoms with van der Waals surface area (Å²) in [6.45, 7) is 3.89. The molecule has 0 amide bonds. The van der Waals surface area contributed by atoms with Gasteiger partial charge in [0.25, 0.3) is 5.56 Å². The van der Waals surface area contributed by atoms with E-state index in [0.29, 0.717) is 28.4 Å². The lowest BCUT2D eigenvalue weighted by molar-refractivity contribution is -0.137. The Labute approximate surface area is 173 Å². The maximum atomic E-state index is 13.0. The van der Waals surface area contributed by atoms with E-state index in [1.807, 2.05) is 4.90 Å². The predicted octanol–water partition coefficient (Wildman–Crippen LogP) is 3.86. The summed E-state index contributed by atoms with van der Waals surface area (Å²) in [6.07, 6.45) is -1.92. The molecule has 1 aromatic carbocycles. The number of halogens is 4. The van der Waals surface area contributed by atoms with Crippen molar-refractivity contribution in [1.82, 2.24) is 14.9 Å². The van der Waals surface area contributed by atoms with Crippen molar-refractivity contribution in [2.75, 3.05) is 43.4 Å². The number of hydrogen-bond donors (Lipinski definition) is 1. The molecule has 1 N–H and O–H groups in total. The molecule has 5 nitrogen and oxygen atoms in total. The van der Waals surface area contributed by atoms with Gasteiger partial charge in [-0.2, -0.15) is 13.2 Å². The number of aromatic amines is 1. The number of piperazine rings is 1. The van der Waals surface area contributed by atoms with Gasteiger partial charge in [-0.05, 0) is 31.2 Å². The van der Waals surface area contributed by atoms with Crippen molar-refractivity contribution in [3.8, 4) is 0 Å². The third-order valence-electron chi connectivity index (χ3n) is 4.45. The first-order chi connectivity index (χ1) is 13.3. The highest BCUT2D eigenvalue weighted by atomic mass is 79.9. The number of nitrogens with one attached hydrogen (secondary N) is 1.